The van der Waals surface area contributed by atoms with Crippen molar-refractivity contribution in [2.75, 3.05) is 19.6 Å². The Kier molecular flexibility index (Phi) is 4.99. The molecule has 1 amide bonds. The molecule has 1 aliphatic carbocycles. The molecule has 1 saturated carbocycles. The first-order valence-electron chi connectivity index (χ1n) is 9.89. The van der Waals surface area contributed by atoms with Crippen LogP contribution < -0.4 is 5.32 Å². The minimum Gasteiger partial charge on any atom is -0.337 e. The molecule has 1 saturated heterocycles. The highest BCUT2D eigenvalue weighted by Crippen LogP contribution is 2.45. The van der Waals surface area contributed by atoms with Gasteiger partial charge in [0.1, 0.15) is 0 Å². The molecule has 6 heteroatoms. The Hall–Kier alpha value is -1.85. The smallest absolute Gasteiger partial charge is 0.230 e. The number of fused-ring (bicyclic) bond motifs is 2. The second-order valence-corrected chi connectivity index (χ2v) is 8.07. The molecule has 3 heterocycles. The summed E-state index contributed by atoms with van der Waals surface area (Å²) in [6.07, 6.45) is 7.54. The summed E-state index contributed by atoms with van der Waals surface area (Å²) in [5.41, 5.74) is 3.40. The molecule has 0 radical (unpaired) electrons. The number of halogens is 1. The Bertz CT molecular complexity index is 821. The summed E-state index contributed by atoms with van der Waals surface area (Å²) in [7, 11) is 0. The molecule has 3 aliphatic rings. The maximum atomic E-state index is 13.5. The lowest BCUT2D eigenvalue weighted by molar-refractivity contribution is -0.146. The molecule has 2 aliphatic heterocycles. The Labute approximate surface area is 166 Å². The van der Waals surface area contributed by atoms with E-state index < -0.39 is 0 Å². The number of nitrogens with one attached hydrogen (secondary N) is 1. The average molecular weight is 387 g/mol. The van der Waals surface area contributed by atoms with E-state index in [-0.39, 0.29) is 17.8 Å². The van der Waals surface area contributed by atoms with E-state index in [0.717, 1.165) is 38.2 Å². The molecule has 27 heavy (non-hydrogen) atoms. The van der Waals surface area contributed by atoms with E-state index in [4.69, 9.17) is 0 Å². The predicted octanol–water partition coefficient (Wildman–Crippen LogP) is 2.96. The standard InChI is InChI=1S/C21H26N4O.ClH/c26-20(21-10-5-4-6-17(21)13-22-15-21)24-11-9-19-16(14-24)12-23-25(19)18-7-2-1-3-8-18;/h1-3,7-8,12,17,22H,4-6,9-11,13-15H2;1H/t17-,21+;/m0./s1. The minimum absolute atomic E-state index is 0. The van der Waals surface area contributed by atoms with E-state index in [2.05, 4.69) is 27.4 Å². The third kappa shape index (κ3) is 2.97. The fourth-order valence-corrected chi connectivity index (χ4v) is 5.28. The number of para-hydroxylation sites is 1. The summed E-state index contributed by atoms with van der Waals surface area (Å²) in [5.74, 6) is 0.905. The van der Waals surface area contributed by atoms with Crippen LogP contribution in [0.2, 0.25) is 0 Å². The summed E-state index contributed by atoms with van der Waals surface area (Å²) >= 11 is 0. The topological polar surface area (TPSA) is 50.2 Å². The fourth-order valence-electron chi connectivity index (χ4n) is 5.28. The van der Waals surface area contributed by atoms with Crippen LogP contribution in [0.1, 0.15) is 36.9 Å². The fraction of sp³-hybridized carbons (Fsp3) is 0.524. The van der Waals surface area contributed by atoms with E-state index in [1.807, 2.05) is 29.1 Å². The van der Waals surface area contributed by atoms with Crippen molar-refractivity contribution in [2.45, 2.75) is 38.6 Å². The van der Waals surface area contributed by atoms with Gasteiger partial charge in [-0.1, -0.05) is 31.0 Å². The molecule has 2 fully saturated rings. The van der Waals surface area contributed by atoms with Gasteiger partial charge in [0.15, 0.2) is 0 Å². The van der Waals surface area contributed by atoms with Gasteiger partial charge >= 0.3 is 0 Å². The summed E-state index contributed by atoms with van der Waals surface area (Å²) in [6, 6.07) is 10.3. The van der Waals surface area contributed by atoms with Gasteiger partial charge < -0.3 is 10.2 Å². The van der Waals surface area contributed by atoms with Crippen LogP contribution in [0.25, 0.3) is 5.69 Å². The lowest BCUT2D eigenvalue weighted by Gasteiger charge is -2.41. The van der Waals surface area contributed by atoms with Gasteiger partial charge in [0.2, 0.25) is 5.91 Å². The monoisotopic (exact) mass is 386 g/mol. The Balaban J connectivity index is 0.00000180. The molecule has 1 aromatic carbocycles. The molecule has 1 N–H and O–H groups in total. The number of hydrogen-bond donors (Lipinski definition) is 1. The molecule has 144 valence electrons. The summed E-state index contributed by atoms with van der Waals surface area (Å²) in [5, 5.41) is 8.11. The first kappa shape index (κ1) is 18.5. The predicted molar refractivity (Wildman–Crippen MR) is 107 cm³/mol. The maximum Gasteiger partial charge on any atom is 0.230 e. The van der Waals surface area contributed by atoms with Gasteiger partial charge in [-0.15, -0.1) is 12.4 Å². The van der Waals surface area contributed by atoms with E-state index in [0.29, 0.717) is 18.4 Å². The third-order valence-corrected chi connectivity index (χ3v) is 6.69. The lowest BCUT2D eigenvalue weighted by atomic mass is 9.67. The van der Waals surface area contributed by atoms with Gasteiger partial charge in [0.05, 0.1) is 23.0 Å². The van der Waals surface area contributed by atoms with Crippen LogP contribution in [0.5, 0.6) is 0 Å². The van der Waals surface area contributed by atoms with Crippen molar-refractivity contribution < 1.29 is 4.79 Å². The van der Waals surface area contributed by atoms with Crippen LogP contribution in [0.3, 0.4) is 0 Å². The van der Waals surface area contributed by atoms with E-state index >= 15 is 0 Å². The van der Waals surface area contributed by atoms with Crippen molar-refractivity contribution in [3.63, 3.8) is 0 Å². The third-order valence-electron chi connectivity index (χ3n) is 6.69. The SMILES string of the molecule is Cl.O=C(N1CCc2c(cnn2-c2ccccc2)C1)[C@@]12CCCC[C@H]1CNC2. The molecule has 0 spiro atoms. The van der Waals surface area contributed by atoms with Crippen LogP contribution in [0.15, 0.2) is 36.5 Å². The molecule has 2 atom stereocenters. The van der Waals surface area contributed by atoms with Crippen molar-refractivity contribution >= 4 is 18.3 Å². The highest BCUT2D eigenvalue weighted by molar-refractivity contribution is 5.85. The second-order valence-electron chi connectivity index (χ2n) is 8.07. The Morgan fingerprint density at radius 3 is 2.93 bits per heavy atom. The average Bonchev–Trinajstić information content (AvgIpc) is 3.32. The Morgan fingerprint density at radius 1 is 1.22 bits per heavy atom. The number of aromatic nitrogens is 2. The summed E-state index contributed by atoms with van der Waals surface area (Å²) in [4.78, 5) is 15.6. The van der Waals surface area contributed by atoms with E-state index in [1.165, 1.54) is 30.5 Å². The second kappa shape index (κ2) is 7.28. The normalized spacial score (nSPS) is 26.8. The van der Waals surface area contributed by atoms with E-state index in [9.17, 15) is 4.79 Å². The van der Waals surface area contributed by atoms with Crippen molar-refractivity contribution in [3.8, 4) is 5.69 Å². The van der Waals surface area contributed by atoms with Crippen LogP contribution in [-0.2, 0) is 17.8 Å². The zero-order valence-corrected chi connectivity index (χ0v) is 16.4. The maximum absolute atomic E-state index is 13.5. The quantitative estimate of drug-likeness (QED) is 0.863. The lowest BCUT2D eigenvalue weighted by Crippen LogP contribution is -2.51. The number of carbonyl (C=O) groups is 1. The van der Waals surface area contributed by atoms with Gasteiger partial charge in [-0.3, -0.25) is 4.79 Å². The Morgan fingerprint density at radius 2 is 2.07 bits per heavy atom. The molecule has 5 nitrogen and oxygen atoms in total. The zero-order valence-electron chi connectivity index (χ0n) is 15.6. The van der Waals surface area contributed by atoms with Crippen LogP contribution in [0.4, 0.5) is 0 Å². The molecule has 0 bridgehead atoms. The van der Waals surface area contributed by atoms with Crippen LogP contribution >= 0.6 is 12.4 Å². The number of hydrogen-bond acceptors (Lipinski definition) is 3. The van der Waals surface area contributed by atoms with Crippen molar-refractivity contribution in [3.05, 3.63) is 47.8 Å². The first-order valence-corrected chi connectivity index (χ1v) is 9.89. The van der Waals surface area contributed by atoms with Crippen LogP contribution in [-0.4, -0.2) is 40.2 Å². The highest BCUT2D eigenvalue weighted by atomic mass is 35.5. The molecule has 5 rings (SSSR count). The van der Waals surface area contributed by atoms with Crippen molar-refractivity contribution in [1.82, 2.24) is 20.0 Å². The van der Waals surface area contributed by atoms with Crippen molar-refractivity contribution in [2.24, 2.45) is 11.3 Å². The largest absolute Gasteiger partial charge is 0.337 e. The zero-order chi connectivity index (χ0) is 17.6. The number of amides is 1. The van der Waals surface area contributed by atoms with E-state index in [1.54, 1.807) is 0 Å². The minimum atomic E-state index is -0.148. The molecule has 1 aromatic heterocycles. The molecular weight excluding hydrogens is 360 g/mol. The summed E-state index contributed by atoms with van der Waals surface area (Å²) < 4.78 is 2.04. The number of benzene rings is 1. The molecule has 2 aromatic rings. The summed E-state index contributed by atoms with van der Waals surface area (Å²) in [6.45, 7) is 3.38. The number of carbonyl (C=O) groups excluding carboxylic acids is 1. The number of rotatable bonds is 2. The number of nitrogens with zero attached hydrogens (tertiary/aromatic N) is 3. The molecule has 0 unspecified atom stereocenters. The van der Waals surface area contributed by atoms with Gasteiger partial charge in [-0.05, 0) is 37.4 Å². The van der Waals surface area contributed by atoms with Gasteiger partial charge in [-0.2, -0.15) is 5.10 Å². The molecular formula is C21H27ClN4O. The van der Waals surface area contributed by atoms with Crippen LogP contribution in [0, 0.1) is 11.3 Å². The first-order chi connectivity index (χ1) is 12.8. The van der Waals surface area contributed by atoms with Gasteiger partial charge in [-0.25, -0.2) is 4.68 Å². The van der Waals surface area contributed by atoms with Gasteiger partial charge in [0, 0.05) is 31.6 Å². The van der Waals surface area contributed by atoms with Crippen molar-refractivity contribution in [1.29, 1.82) is 0 Å². The van der Waals surface area contributed by atoms with Gasteiger partial charge in [0.25, 0.3) is 0 Å². The highest BCUT2D eigenvalue weighted by Gasteiger charge is 2.51.